The van der Waals surface area contributed by atoms with Gasteiger partial charge in [0.15, 0.2) is 5.82 Å². The number of unbranched alkanes of at least 4 members (excludes halogenated alkanes) is 11. The lowest BCUT2D eigenvalue weighted by Gasteiger charge is -2.34. The Hall–Kier alpha value is -6.42. The molecule has 0 radical (unpaired) electrons. The van der Waals surface area contributed by atoms with E-state index in [1.165, 1.54) is 68.7 Å². The van der Waals surface area contributed by atoms with Gasteiger partial charge in [0.05, 0.1) is 24.5 Å². The number of carbonyl (C=O) groups excluding carboxylic acids is 1. The molecule has 1 aliphatic rings. The molecule has 2 aromatic carbocycles. The Morgan fingerprint density at radius 3 is 2.04 bits per heavy atom. The number of hydrogen-bond donors (Lipinski definition) is 3. The predicted molar refractivity (Wildman–Crippen MR) is 276 cm³/mol. The molecule has 5 heterocycles. The summed E-state index contributed by atoms with van der Waals surface area (Å²) in [5.41, 5.74) is 11.6. The molecule has 1 amide bonds. The molecule has 1 saturated heterocycles. The summed E-state index contributed by atoms with van der Waals surface area (Å²) in [6.45, 7) is 12.0. The van der Waals surface area contributed by atoms with Crippen molar-refractivity contribution in [1.82, 2.24) is 34.3 Å². The van der Waals surface area contributed by atoms with Crippen molar-refractivity contribution in [3.63, 3.8) is 0 Å². The molecule has 1 aliphatic heterocycles. The van der Waals surface area contributed by atoms with E-state index in [4.69, 9.17) is 20.2 Å². The fraction of sp³-hybridized carbons (Fsp3) is 0.463. The van der Waals surface area contributed by atoms with Gasteiger partial charge in [-0.2, -0.15) is 5.10 Å². The lowest BCUT2D eigenvalue weighted by molar-refractivity contribution is 0.0981. The number of nitrogens with two attached hydrogens (primary N) is 1. The standard InChI is InChI=1S/C54H71N9O6S/c1-7-44-46(35-56-51(55)50(44)41-20-24-42(64)25-21-41)40-22-26-43(27-23-40)68-32-18-16-14-12-10-8-9-11-13-15-17-19-33-69-49-30-31-63(59-49)48-29-28-45(52(57-48)62-36-38(2)34-54(62,4)5)53(65)60-70(66,67)47-37-61(6)58-39(47)3/h20-31,35,37-38,64H,7-19,32-34,36H2,1-6H3,(H2,55,56)(H,60,65)/t38-/m0/s1. The fourth-order valence-electron chi connectivity index (χ4n) is 9.70. The topological polar surface area (TPSA) is 193 Å². The van der Waals surface area contributed by atoms with Gasteiger partial charge in [-0.05, 0) is 105 Å². The van der Waals surface area contributed by atoms with Crippen molar-refractivity contribution >= 4 is 27.6 Å². The van der Waals surface area contributed by atoms with Crippen molar-refractivity contribution in [1.29, 1.82) is 0 Å². The molecule has 4 aromatic heterocycles. The Labute approximate surface area is 413 Å². The number of phenols is 1. The first-order chi connectivity index (χ1) is 33.6. The van der Waals surface area contributed by atoms with E-state index in [2.05, 4.69) is 64.6 Å². The number of amides is 1. The third-order valence-corrected chi connectivity index (χ3v) is 14.6. The Kier molecular flexibility index (Phi) is 17.2. The number of ether oxygens (including phenoxy) is 2. The number of nitrogen functional groups attached to an aromatic ring is 1. The number of anilines is 2. The number of rotatable bonds is 25. The number of pyridine rings is 2. The Balaban J connectivity index is 0.756. The summed E-state index contributed by atoms with van der Waals surface area (Å²) in [4.78, 5) is 25.1. The summed E-state index contributed by atoms with van der Waals surface area (Å²) in [6.07, 6.45) is 21.0. The molecule has 0 saturated carbocycles. The minimum absolute atomic E-state index is 0.0502. The first kappa shape index (κ1) is 51.4. The molecule has 4 N–H and O–H groups in total. The molecule has 0 aliphatic carbocycles. The third-order valence-electron chi connectivity index (χ3n) is 13.2. The molecule has 0 spiro atoms. The quantitative estimate of drug-likeness (QED) is 0.0461. The highest BCUT2D eigenvalue weighted by Gasteiger charge is 2.39. The summed E-state index contributed by atoms with van der Waals surface area (Å²) < 4.78 is 43.9. The van der Waals surface area contributed by atoms with Crippen LogP contribution in [0.1, 0.15) is 133 Å². The minimum Gasteiger partial charge on any atom is -0.508 e. The number of phenolic OH excluding ortho intramolecular Hbond substituents is 1. The van der Waals surface area contributed by atoms with E-state index >= 15 is 0 Å². The normalized spacial score (nSPS) is 14.5. The average molecular weight is 974 g/mol. The minimum atomic E-state index is -4.17. The summed E-state index contributed by atoms with van der Waals surface area (Å²) in [5, 5.41) is 18.5. The highest BCUT2D eigenvalue weighted by atomic mass is 32.2. The third kappa shape index (κ3) is 13.1. The maximum Gasteiger partial charge on any atom is 0.268 e. The molecule has 0 bridgehead atoms. The zero-order chi connectivity index (χ0) is 49.8. The highest BCUT2D eigenvalue weighted by Crippen LogP contribution is 2.39. The smallest absolute Gasteiger partial charge is 0.268 e. The van der Waals surface area contributed by atoms with Crippen LogP contribution in [-0.2, 0) is 23.5 Å². The van der Waals surface area contributed by atoms with Gasteiger partial charge in [0, 0.05) is 54.9 Å². The van der Waals surface area contributed by atoms with E-state index < -0.39 is 15.9 Å². The van der Waals surface area contributed by atoms with E-state index in [9.17, 15) is 18.3 Å². The maximum atomic E-state index is 13.7. The first-order valence-corrected chi connectivity index (χ1v) is 26.5. The Morgan fingerprint density at radius 1 is 0.843 bits per heavy atom. The zero-order valence-corrected chi connectivity index (χ0v) is 42.6. The second-order valence-corrected chi connectivity index (χ2v) is 21.0. The van der Waals surface area contributed by atoms with Gasteiger partial charge in [0.25, 0.3) is 15.9 Å². The van der Waals surface area contributed by atoms with Crippen molar-refractivity contribution in [2.75, 3.05) is 30.4 Å². The largest absolute Gasteiger partial charge is 0.508 e. The number of benzene rings is 2. The van der Waals surface area contributed by atoms with Gasteiger partial charge in [0.1, 0.15) is 28.0 Å². The molecule has 15 nitrogen and oxygen atoms in total. The van der Waals surface area contributed by atoms with Crippen LogP contribution in [0.15, 0.2) is 90.2 Å². The molecule has 7 rings (SSSR count). The number of carbonyl (C=O) groups is 1. The molecule has 1 atom stereocenters. The van der Waals surface area contributed by atoms with Crippen LogP contribution >= 0.6 is 0 Å². The van der Waals surface area contributed by atoms with Crippen molar-refractivity contribution in [3.8, 4) is 45.5 Å². The van der Waals surface area contributed by atoms with Crippen LogP contribution in [0.25, 0.3) is 28.1 Å². The highest BCUT2D eigenvalue weighted by molar-refractivity contribution is 7.90. The van der Waals surface area contributed by atoms with E-state index in [0.29, 0.717) is 54.7 Å². The van der Waals surface area contributed by atoms with Crippen LogP contribution in [-0.4, -0.2) is 74.3 Å². The second kappa shape index (κ2) is 23.5. The molecular formula is C54H71N9O6S. The van der Waals surface area contributed by atoms with E-state index in [1.807, 2.05) is 30.5 Å². The lowest BCUT2D eigenvalue weighted by Crippen LogP contribution is -2.41. The predicted octanol–water partition coefficient (Wildman–Crippen LogP) is 10.8. The van der Waals surface area contributed by atoms with Gasteiger partial charge in [-0.3, -0.25) is 9.48 Å². The van der Waals surface area contributed by atoms with E-state index in [0.717, 1.165) is 65.7 Å². The van der Waals surface area contributed by atoms with Gasteiger partial charge >= 0.3 is 0 Å². The molecule has 6 aromatic rings. The summed E-state index contributed by atoms with van der Waals surface area (Å²) >= 11 is 0. The number of nitrogens with zero attached hydrogens (tertiary/aromatic N) is 7. The molecule has 16 heteroatoms. The molecule has 0 unspecified atom stereocenters. The number of aromatic nitrogens is 6. The van der Waals surface area contributed by atoms with Gasteiger partial charge in [-0.25, -0.2) is 27.8 Å². The SMILES string of the molecule is CCc1c(-c2ccc(OCCCCCCCCCCCCCCOc3ccn(-c4ccc(C(=O)NS(=O)(=O)c5cn(C)nc5C)c(N5C[C@@H](C)CC5(C)C)n4)n3)cc2)cnc(N)c1-c1ccc(O)cc1. The van der Waals surface area contributed by atoms with Crippen LogP contribution in [0.2, 0.25) is 0 Å². The van der Waals surface area contributed by atoms with Crippen LogP contribution in [0.4, 0.5) is 11.6 Å². The molecular weight excluding hydrogens is 903 g/mol. The molecule has 70 heavy (non-hydrogen) atoms. The molecule has 374 valence electrons. The average Bonchev–Trinajstić information content (AvgIpc) is 4.03. The van der Waals surface area contributed by atoms with Gasteiger partial charge in [-0.1, -0.05) is 102 Å². The van der Waals surface area contributed by atoms with E-state index in [1.54, 1.807) is 55.2 Å². The monoisotopic (exact) mass is 974 g/mol. The van der Waals surface area contributed by atoms with Crippen molar-refractivity contribution in [2.24, 2.45) is 13.0 Å². The van der Waals surface area contributed by atoms with Crippen molar-refractivity contribution in [2.45, 2.75) is 135 Å². The number of sulfonamides is 1. The summed E-state index contributed by atoms with van der Waals surface area (Å²) in [6, 6.07) is 20.4. The molecule has 1 fully saturated rings. The summed E-state index contributed by atoms with van der Waals surface area (Å²) in [7, 11) is -2.54. The Bertz CT molecular complexity index is 2790. The van der Waals surface area contributed by atoms with Gasteiger partial charge in [-0.15, -0.1) is 5.10 Å². The van der Waals surface area contributed by atoms with Crippen molar-refractivity contribution < 1.29 is 27.8 Å². The number of aromatic hydroxyl groups is 1. The van der Waals surface area contributed by atoms with Crippen molar-refractivity contribution in [3.05, 3.63) is 102 Å². The van der Waals surface area contributed by atoms with Crippen LogP contribution in [0, 0.1) is 12.8 Å². The maximum absolute atomic E-state index is 13.7. The number of nitrogens with one attached hydrogen (secondary N) is 1. The van der Waals surface area contributed by atoms with Gasteiger partial charge in [0.2, 0.25) is 5.88 Å². The lowest BCUT2D eigenvalue weighted by atomic mass is 9.92. The van der Waals surface area contributed by atoms with Gasteiger partial charge < -0.3 is 25.2 Å². The fourth-order valence-corrected chi connectivity index (χ4v) is 10.9. The second-order valence-electron chi connectivity index (χ2n) is 19.3. The van der Waals surface area contributed by atoms with Crippen LogP contribution in [0.3, 0.4) is 0 Å². The number of hydrogen-bond acceptors (Lipinski definition) is 12. The van der Waals surface area contributed by atoms with Crippen LogP contribution < -0.4 is 24.8 Å². The summed E-state index contributed by atoms with van der Waals surface area (Å²) in [5.74, 6) is 2.57. The van der Waals surface area contributed by atoms with Crippen LogP contribution in [0.5, 0.6) is 17.4 Å². The van der Waals surface area contributed by atoms with E-state index in [-0.39, 0.29) is 21.7 Å². The Morgan fingerprint density at radius 2 is 1.46 bits per heavy atom. The zero-order valence-electron chi connectivity index (χ0n) is 41.8. The number of aryl methyl sites for hydroxylation is 2. The first-order valence-electron chi connectivity index (χ1n) is 25.0.